The Morgan fingerprint density at radius 3 is 2.39 bits per heavy atom. The van der Waals surface area contributed by atoms with Crippen LogP contribution in [0.4, 0.5) is 10.3 Å². The van der Waals surface area contributed by atoms with E-state index in [0.717, 1.165) is 30.3 Å². The van der Waals surface area contributed by atoms with Crippen LogP contribution in [0.25, 0.3) is 11.0 Å². The highest BCUT2D eigenvalue weighted by atomic mass is 19.1. The lowest BCUT2D eigenvalue weighted by atomic mass is 9.89. The maximum Gasteiger partial charge on any atom is 0.201 e. The summed E-state index contributed by atoms with van der Waals surface area (Å²) in [5, 5.41) is 0. The van der Waals surface area contributed by atoms with Crippen LogP contribution in [-0.4, -0.2) is 9.55 Å². The van der Waals surface area contributed by atoms with Crippen molar-refractivity contribution in [3.05, 3.63) is 24.0 Å². The van der Waals surface area contributed by atoms with Gasteiger partial charge in [-0.05, 0) is 37.5 Å². The number of halogens is 1. The summed E-state index contributed by atoms with van der Waals surface area (Å²) in [7, 11) is 0. The van der Waals surface area contributed by atoms with Gasteiger partial charge in [-0.2, -0.15) is 0 Å². The number of nitrogens with two attached hydrogens (primary N) is 1. The van der Waals surface area contributed by atoms with Gasteiger partial charge in [0.2, 0.25) is 5.95 Å². The summed E-state index contributed by atoms with van der Waals surface area (Å²) in [4.78, 5) is 4.34. The van der Waals surface area contributed by atoms with Crippen LogP contribution in [0.3, 0.4) is 0 Å². The Morgan fingerprint density at radius 2 is 1.83 bits per heavy atom. The number of imidazole rings is 1. The molecule has 0 spiro atoms. The van der Waals surface area contributed by atoms with Crippen molar-refractivity contribution in [3.63, 3.8) is 0 Å². The molecule has 0 saturated heterocycles. The smallest absolute Gasteiger partial charge is 0.201 e. The second-order valence-corrected chi connectivity index (χ2v) is 4.72. The van der Waals surface area contributed by atoms with Crippen LogP contribution in [0.15, 0.2) is 18.2 Å². The Morgan fingerprint density at radius 1 is 1.22 bits per heavy atom. The van der Waals surface area contributed by atoms with Crippen LogP contribution in [0.1, 0.15) is 40.0 Å². The molecule has 3 nitrogen and oxygen atoms in total. The molecule has 1 aromatic heterocycles. The molecule has 0 atom stereocenters. The molecule has 0 aliphatic heterocycles. The number of hydrogen-bond acceptors (Lipinski definition) is 2. The van der Waals surface area contributed by atoms with Gasteiger partial charge in [0.1, 0.15) is 5.82 Å². The molecule has 0 aliphatic rings. The highest BCUT2D eigenvalue weighted by Crippen LogP contribution is 2.35. The van der Waals surface area contributed by atoms with Crippen LogP contribution >= 0.6 is 0 Å². The first kappa shape index (κ1) is 12.9. The van der Waals surface area contributed by atoms with E-state index in [1.165, 1.54) is 12.1 Å². The molecule has 1 heterocycles. The van der Waals surface area contributed by atoms with Crippen molar-refractivity contribution < 1.29 is 4.39 Å². The molecule has 0 aliphatic carbocycles. The van der Waals surface area contributed by atoms with Gasteiger partial charge in [-0.1, -0.05) is 20.8 Å². The minimum atomic E-state index is -0.249. The standard InChI is InChI=1S/C14H20FN3/c1-4-14(5-2,6-3)18-12-9-10(15)7-8-11(12)17-13(18)16/h7-9H,4-6H2,1-3H3,(H2,16,17). The SMILES string of the molecule is CCC(CC)(CC)n1c(N)nc2ccc(F)cc21. The Kier molecular flexibility index (Phi) is 3.28. The molecule has 1 aromatic carbocycles. The topological polar surface area (TPSA) is 43.8 Å². The average Bonchev–Trinajstić information content (AvgIpc) is 2.69. The summed E-state index contributed by atoms with van der Waals surface area (Å²) < 4.78 is 15.4. The number of aromatic nitrogens is 2. The first-order valence-corrected chi connectivity index (χ1v) is 6.52. The summed E-state index contributed by atoms with van der Waals surface area (Å²) in [6, 6.07) is 4.63. The van der Waals surface area contributed by atoms with E-state index in [2.05, 4.69) is 25.8 Å². The molecule has 0 saturated carbocycles. The Bertz CT molecular complexity index is 547. The van der Waals surface area contributed by atoms with Crippen molar-refractivity contribution in [1.82, 2.24) is 9.55 Å². The molecule has 0 unspecified atom stereocenters. The van der Waals surface area contributed by atoms with Crippen molar-refractivity contribution in [3.8, 4) is 0 Å². The fourth-order valence-corrected chi connectivity index (χ4v) is 2.79. The van der Waals surface area contributed by atoms with E-state index in [0.29, 0.717) is 5.95 Å². The van der Waals surface area contributed by atoms with Gasteiger partial charge in [0, 0.05) is 5.54 Å². The van der Waals surface area contributed by atoms with Crippen molar-refractivity contribution in [2.45, 2.75) is 45.6 Å². The van der Waals surface area contributed by atoms with Gasteiger partial charge in [0.15, 0.2) is 0 Å². The molecule has 0 fully saturated rings. The largest absolute Gasteiger partial charge is 0.369 e. The summed E-state index contributed by atoms with van der Waals surface area (Å²) in [6.07, 6.45) is 2.85. The third-order valence-electron chi connectivity index (χ3n) is 4.09. The van der Waals surface area contributed by atoms with Gasteiger partial charge >= 0.3 is 0 Å². The molecule has 0 radical (unpaired) electrons. The zero-order chi connectivity index (χ0) is 13.3. The predicted molar refractivity (Wildman–Crippen MR) is 73.0 cm³/mol. The zero-order valence-corrected chi connectivity index (χ0v) is 11.2. The summed E-state index contributed by atoms with van der Waals surface area (Å²) >= 11 is 0. The maximum absolute atomic E-state index is 13.4. The van der Waals surface area contributed by atoms with E-state index < -0.39 is 0 Å². The third-order valence-corrected chi connectivity index (χ3v) is 4.09. The fourth-order valence-electron chi connectivity index (χ4n) is 2.79. The third kappa shape index (κ3) is 1.76. The predicted octanol–water partition coefficient (Wildman–Crippen LogP) is 3.68. The number of nitrogens with zero attached hydrogens (tertiary/aromatic N) is 2. The highest BCUT2D eigenvalue weighted by molar-refractivity contribution is 5.78. The monoisotopic (exact) mass is 249 g/mol. The maximum atomic E-state index is 13.4. The van der Waals surface area contributed by atoms with Gasteiger partial charge < -0.3 is 10.3 Å². The molecule has 0 bridgehead atoms. The van der Waals surface area contributed by atoms with Crippen LogP contribution in [0.5, 0.6) is 0 Å². The molecule has 4 heteroatoms. The Hall–Kier alpha value is -1.58. The normalized spacial score (nSPS) is 12.2. The van der Waals surface area contributed by atoms with Gasteiger partial charge in [-0.15, -0.1) is 0 Å². The number of anilines is 1. The number of hydrogen-bond donors (Lipinski definition) is 1. The average molecular weight is 249 g/mol. The number of rotatable bonds is 4. The summed E-state index contributed by atoms with van der Waals surface area (Å²) in [5.41, 5.74) is 7.52. The van der Waals surface area contributed by atoms with Crippen LogP contribution < -0.4 is 5.73 Å². The van der Waals surface area contributed by atoms with Crippen molar-refractivity contribution in [1.29, 1.82) is 0 Å². The molecular weight excluding hydrogens is 229 g/mol. The van der Waals surface area contributed by atoms with Crippen molar-refractivity contribution >= 4 is 17.0 Å². The van der Waals surface area contributed by atoms with E-state index in [4.69, 9.17) is 5.73 Å². The molecule has 2 aromatic rings. The van der Waals surface area contributed by atoms with E-state index >= 15 is 0 Å². The molecule has 2 rings (SSSR count). The second-order valence-electron chi connectivity index (χ2n) is 4.72. The van der Waals surface area contributed by atoms with E-state index in [1.54, 1.807) is 6.07 Å². The van der Waals surface area contributed by atoms with E-state index in [9.17, 15) is 4.39 Å². The Labute approximate surface area is 107 Å². The van der Waals surface area contributed by atoms with E-state index in [-0.39, 0.29) is 11.4 Å². The number of nitrogen functional groups attached to an aromatic ring is 1. The lowest BCUT2D eigenvalue weighted by Gasteiger charge is -2.33. The zero-order valence-electron chi connectivity index (χ0n) is 11.2. The molecule has 98 valence electrons. The van der Waals surface area contributed by atoms with Gasteiger partial charge in [0.05, 0.1) is 11.0 Å². The molecular formula is C14H20FN3. The lowest BCUT2D eigenvalue weighted by Crippen LogP contribution is -2.32. The molecule has 18 heavy (non-hydrogen) atoms. The fraction of sp³-hybridized carbons (Fsp3) is 0.500. The summed E-state index contributed by atoms with van der Waals surface area (Å²) in [6.45, 7) is 6.41. The van der Waals surface area contributed by atoms with Gasteiger partial charge in [-0.25, -0.2) is 9.37 Å². The van der Waals surface area contributed by atoms with Crippen LogP contribution in [0.2, 0.25) is 0 Å². The quantitative estimate of drug-likeness (QED) is 0.898. The van der Waals surface area contributed by atoms with Gasteiger partial charge in [0.25, 0.3) is 0 Å². The molecule has 2 N–H and O–H groups in total. The number of fused-ring (bicyclic) bond motifs is 1. The van der Waals surface area contributed by atoms with E-state index in [1.807, 2.05) is 4.57 Å². The minimum absolute atomic E-state index is 0.0768. The number of benzene rings is 1. The van der Waals surface area contributed by atoms with Crippen LogP contribution in [-0.2, 0) is 5.54 Å². The first-order valence-electron chi connectivity index (χ1n) is 6.52. The Balaban J connectivity index is 2.76. The highest BCUT2D eigenvalue weighted by Gasteiger charge is 2.30. The van der Waals surface area contributed by atoms with Gasteiger partial charge in [-0.3, -0.25) is 0 Å². The summed E-state index contributed by atoms with van der Waals surface area (Å²) in [5.74, 6) is 0.224. The van der Waals surface area contributed by atoms with Crippen LogP contribution in [0, 0.1) is 5.82 Å². The lowest BCUT2D eigenvalue weighted by molar-refractivity contribution is 0.262. The first-order chi connectivity index (χ1) is 8.57. The second kappa shape index (κ2) is 4.59. The minimum Gasteiger partial charge on any atom is -0.369 e. The van der Waals surface area contributed by atoms with Crippen molar-refractivity contribution in [2.75, 3.05) is 5.73 Å². The van der Waals surface area contributed by atoms with Crippen molar-refractivity contribution in [2.24, 2.45) is 0 Å². The molecule has 0 amide bonds.